The first-order valence-electron chi connectivity index (χ1n) is 8.22. The minimum Gasteiger partial charge on any atom is -0.497 e. The van der Waals surface area contributed by atoms with Gasteiger partial charge in [0.25, 0.3) is 5.91 Å². The lowest BCUT2D eigenvalue weighted by Gasteiger charge is -2.07. The Labute approximate surface area is 154 Å². The first-order chi connectivity index (χ1) is 13.0. The van der Waals surface area contributed by atoms with Crippen LogP contribution in [-0.4, -0.2) is 43.0 Å². The number of aromatic amines is 1. The van der Waals surface area contributed by atoms with Gasteiger partial charge in [0, 0.05) is 24.9 Å². The summed E-state index contributed by atoms with van der Waals surface area (Å²) in [6.45, 7) is 1.97. The molecule has 1 amide bonds. The highest BCUT2D eigenvalue weighted by molar-refractivity contribution is 6.03. The Kier molecular flexibility index (Phi) is 4.03. The van der Waals surface area contributed by atoms with E-state index in [9.17, 15) is 4.79 Å². The molecule has 0 radical (unpaired) electrons. The normalized spacial score (nSPS) is 10.9. The molecule has 136 valence electrons. The van der Waals surface area contributed by atoms with Crippen molar-refractivity contribution in [3.8, 4) is 17.0 Å². The van der Waals surface area contributed by atoms with Gasteiger partial charge in [0.05, 0.1) is 19.0 Å². The van der Waals surface area contributed by atoms with Crippen molar-refractivity contribution in [3.63, 3.8) is 0 Å². The average Bonchev–Trinajstić information content (AvgIpc) is 3.27. The molecule has 27 heavy (non-hydrogen) atoms. The Hall–Kier alpha value is -3.75. The van der Waals surface area contributed by atoms with Crippen molar-refractivity contribution in [2.24, 2.45) is 7.05 Å². The first kappa shape index (κ1) is 16.7. The van der Waals surface area contributed by atoms with E-state index < -0.39 is 0 Å². The van der Waals surface area contributed by atoms with Crippen LogP contribution in [0.4, 0.5) is 5.82 Å². The smallest absolute Gasteiger partial charge is 0.277 e. The van der Waals surface area contributed by atoms with E-state index >= 15 is 0 Å². The third-order valence-electron chi connectivity index (χ3n) is 4.15. The number of nitrogens with zero attached hydrogens (tertiary/aromatic N) is 5. The van der Waals surface area contributed by atoms with Crippen LogP contribution in [0.2, 0.25) is 0 Å². The predicted molar refractivity (Wildman–Crippen MR) is 99.6 cm³/mol. The molecule has 4 rings (SSSR count). The van der Waals surface area contributed by atoms with E-state index in [1.807, 2.05) is 25.1 Å². The van der Waals surface area contributed by atoms with Gasteiger partial charge in [-0.1, -0.05) is 0 Å². The van der Waals surface area contributed by atoms with E-state index in [0.29, 0.717) is 22.7 Å². The molecule has 0 aliphatic heterocycles. The van der Waals surface area contributed by atoms with E-state index in [-0.39, 0.29) is 11.6 Å². The number of anilines is 1. The maximum absolute atomic E-state index is 12.5. The van der Waals surface area contributed by atoms with E-state index in [1.54, 1.807) is 31.1 Å². The number of H-pyrrole nitrogens is 1. The van der Waals surface area contributed by atoms with Crippen LogP contribution in [0, 0.1) is 6.92 Å². The second kappa shape index (κ2) is 6.52. The summed E-state index contributed by atoms with van der Waals surface area (Å²) >= 11 is 0. The molecule has 0 saturated heterocycles. The van der Waals surface area contributed by atoms with Crippen LogP contribution in [0.15, 0.2) is 36.7 Å². The van der Waals surface area contributed by atoms with Gasteiger partial charge in [0.1, 0.15) is 17.0 Å². The predicted octanol–water partition coefficient (Wildman–Crippen LogP) is 2.32. The minimum atomic E-state index is -0.387. The number of ether oxygens (including phenoxy) is 1. The summed E-state index contributed by atoms with van der Waals surface area (Å²) < 4.78 is 6.85. The van der Waals surface area contributed by atoms with Gasteiger partial charge in [-0.2, -0.15) is 10.2 Å². The lowest BCUT2D eigenvalue weighted by molar-refractivity contribution is 0.102. The fraction of sp³-hybridized carbons (Fsp3) is 0.167. The number of carbonyl (C=O) groups excluding carboxylic acids is 1. The summed E-state index contributed by atoms with van der Waals surface area (Å²) in [6.07, 6.45) is 3.14. The molecule has 0 atom stereocenters. The third kappa shape index (κ3) is 3.10. The van der Waals surface area contributed by atoms with Gasteiger partial charge in [-0.15, -0.1) is 0 Å². The fourth-order valence-corrected chi connectivity index (χ4v) is 2.80. The number of aromatic nitrogens is 6. The highest BCUT2D eigenvalue weighted by atomic mass is 16.5. The molecule has 9 heteroatoms. The third-order valence-corrected chi connectivity index (χ3v) is 4.15. The zero-order valence-corrected chi connectivity index (χ0v) is 15.0. The number of carbonyl (C=O) groups is 1. The van der Waals surface area contributed by atoms with Crippen molar-refractivity contribution < 1.29 is 9.53 Å². The molecule has 0 unspecified atom stereocenters. The molecule has 0 aliphatic carbocycles. The van der Waals surface area contributed by atoms with Gasteiger partial charge in [-0.05, 0) is 30.7 Å². The Bertz CT molecular complexity index is 1150. The molecule has 0 fully saturated rings. The van der Waals surface area contributed by atoms with Crippen molar-refractivity contribution in [3.05, 3.63) is 47.9 Å². The summed E-state index contributed by atoms with van der Waals surface area (Å²) in [5.41, 5.74) is 3.75. The first-order valence-corrected chi connectivity index (χ1v) is 8.22. The standard InChI is InChI=1S/C18H17N7O2/c1-10-8-11(27-3)4-5-12(10)15-16-17(23-22-15)19-9-13(20-16)18(26)21-14-6-7-25(2)24-14/h4-9H,1-3H3,(H,19,22,23)(H,21,24,26). The summed E-state index contributed by atoms with van der Waals surface area (Å²) in [5, 5.41) is 14.0. The number of hydrogen-bond acceptors (Lipinski definition) is 6. The number of hydrogen-bond donors (Lipinski definition) is 2. The van der Waals surface area contributed by atoms with Gasteiger partial charge in [-0.3, -0.25) is 14.6 Å². The molecule has 0 bridgehead atoms. The van der Waals surface area contributed by atoms with Crippen LogP contribution in [0.5, 0.6) is 5.75 Å². The van der Waals surface area contributed by atoms with E-state index in [4.69, 9.17) is 4.74 Å². The number of amides is 1. The number of fused-ring (bicyclic) bond motifs is 1. The van der Waals surface area contributed by atoms with Gasteiger partial charge < -0.3 is 10.1 Å². The van der Waals surface area contributed by atoms with Crippen molar-refractivity contribution in [1.29, 1.82) is 0 Å². The van der Waals surface area contributed by atoms with Gasteiger partial charge in [0.15, 0.2) is 11.5 Å². The van der Waals surface area contributed by atoms with Crippen molar-refractivity contribution in [2.75, 3.05) is 12.4 Å². The number of benzene rings is 1. The monoisotopic (exact) mass is 363 g/mol. The molecular formula is C18H17N7O2. The lowest BCUT2D eigenvalue weighted by Crippen LogP contribution is -2.14. The lowest BCUT2D eigenvalue weighted by atomic mass is 10.0. The van der Waals surface area contributed by atoms with Crippen molar-refractivity contribution in [1.82, 2.24) is 29.9 Å². The Morgan fingerprint density at radius 2 is 2.15 bits per heavy atom. The van der Waals surface area contributed by atoms with Gasteiger partial charge >= 0.3 is 0 Å². The average molecular weight is 363 g/mol. The second-order valence-electron chi connectivity index (χ2n) is 6.04. The number of rotatable bonds is 4. The number of aryl methyl sites for hydroxylation is 2. The molecule has 9 nitrogen and oxygen atoms in total. The van der Waals surface area contributed by atoms with Crippen molar-refractivity contribution >= 4 is 22.9 Å². The molecule has 4 aromatic rings. The maximum atomic E-state index is 12.5. The summed E-state index contributed by atoms with van der Waals surface area (Å²) in [7, 11) is 3.40. The fourth-order valence-electron chi connectivity index (χ4n) is 2.80. The van der Waals surface area contributed by atoms with Crippen LogP contribution >= 0.6 is 0 Å². The molecular weight excluding hydrogens is 346 g/mol. The quantitative estimate of drug-likeness (QED) is 0.576. The van der Waals surface area contributed by atoms with Gasteiger partial charge in [-0.25, -0.2) is 9.97 Å². The van der Waals surface area contributed by atoms with Crippen LogP contribution in [-0.2, 0) is 7.05 Å². The number of methoxy groups -OCH3 is 1. The Morgan fingerprint density at radius 1 is 1.30 bits per heavy atom. The zero-order chi connectivity index (χ0) is 19.0. The highest BCUT2D eigenvalue weighted by Crippen LogP contribution is 2.29. The summed E-state index contributed by atoms with van der Waals surface area (Å²) in [6, 6.07) is 7.41. The van der Waals surface area contributed by atoms with Gasteiger partial charge in [0.2, 0.25) is 0 Å². The highest BCUT2D eigenvalue weighted by Gasteiger charge is 2.17. The Morgan fingerprint density at radius 3 is 2.85 bits per heavy atom. The number of nitrogens with one attached hydrogen (secondary N) is 2. The van der Waals surface area contributed by atoms with Crippen LogP contribution in [0.3, 0.4) is 0 Å². The van der Waals surface area contributed by atoms with E-state index in [0.717, 1.165) is 16.9 Å². The molecule has 0 spiro atoms. The SMILES string of the molecule is COc1ccc(-c2[nH]nc3ncc(C(=O)Nc4ccn(C)n4)nc23)c(C)c1. The minimum absolute atomic E-state index is 0.182. The molecule has 0 saturated carbocycles. The molecule has 1 aromatic carbocycles. The zero-order valence-electron chi connectivity index (χ0n) is 15.0. The molecule has 0 aliphatic rings. The summed E-state index contributed by atoms with van der Waals surface area (Å²) in [5.74, 6) is 0.825. The van der Waals surface area contributed by atoms with E-state index in [1.165, 1.54) is 6.20 Å². The Balaban J connectivity index is 1.72. The van der Waals surface area contributed by atoms with Crippen LogP contribution < -0.4 is 10.1 Å². The molecule has 2 N–H and O–H groups in total. The van der Waals surface area contributed by atoms with Crippen LogP contribution in [0.1, 0.15) is 16.1 Å². The topological polar surface area (TPSA) is 111 Å². The van der Waals surface area contributed by atoms with E-state index in [2.05, 4.69) is 30.6 Å². The van der Waals surface area contributed by atoms with Crippen LogP contribution in [0.25, 0.3) is 22.4 Å². The maximum Gasteiger partial charge on any atom is 0.277 e. The summed E-state index contributed by atoms with van der Waals surface area (Å²) in [4.78, 5) is 21.2. The molecule has 3 heterocycles. The van der Waals surface area contributed by atoms with Crippen molar-refractivity contribution in [2.45, 2.75) is 6.92 Å². The second-order valence-corrected chi connectivity index (χ2v) is 6.04. The largest absolute Gasteiger partial charge is 0.497 e. The molecule has 3 aromatic heterocycles.